The van der Waals surface area contributed by atoms with Crippen LogP contribution in [-0.2, 0) is 0 Å². The van der Waals surface area contributed by atoms with Crippen molar-refractivity contribution in [3.8, 4) is 0 Å². The van der Waals surface area contributed by atoms with E-state index in [2.05, 4.69) is 0 Å². The Kier molecular flexibility index (Phi) is 3.19. The maximum Gasteiger partial charge on any atom is 0.164 e. The van der Waals surface area contributed by atoms with E-state index in [1.54, 1.807) is 13.8 Å². The molecule has 0 amide bonds. The molecule has 15 heavy (non-hydrogen) atoms. The van der Waals surface area contributed by atoms with Crippen LogP contribution in [0.5, 0.6) is 0 Å². The summed E-state index contributed by atoms with van der Waals surface area (Å²) in [4.78, 5) is 11.6. The monoisotopic (exact) mass is 213 g/mol. The first-order chi connectivity index (χ1) is 6.78. The van der Waals surface area contributed by atoms with Gasteiger partial charge in [-0.2, -0.15) is 0 Å². The summed E-state index contributed by atoms with van der Waals surface area (Å²) < 4.78 is 25.6. The first kappa shape index (κ1) is 11.8. The Morgan fingerprint density at radius 1 is 1.27 bits per heavy atom. The molecule has 0 aliphatic rings. The summed E-state index contributed by atoms with van der Waals surface area (Å²) in [5.74, 6) is -1.87. The van der Waals surface area contributed by atoms with Crippen LogP contribution in [-0.4, -0.2) is 11.3 Å². The highest BCUT2D eigenvalue weighted by Gasteiger charge is 2.18. The molecule has 1 rings (SSSR count). The Hall–Kier alpha value is -1.29. The third-order valence-electron chi connectivity index (χ3n) is 1.80. The maximum absolute atomic E-state index is 12.8. The molecule has 0 spiro atoms. The molecular weight excluding hydrogens is 200 g/mol. The van der Waals surface area contributed by atoms with Crippen LogP contribution in [0.15, 0.2) is 18.2 Å². The van der Waals surface area contributed by atoms with Gasteiger partial charge < -0.3 is 5.73 Å². The van der Waals surface area contributed by atoms with Crippen LogP contribution < -0.4 is 5.73 Å². The smallest absolute Gasteiger partial charge is 0.164 e. The van der Waals surface area contributed by atoms with Crippen LogP contribution in [0.3, 0.4) is 0 Å². The summed E-state index contributed by atoms with van der Waals surface area (Å²) in [6.45, 7) is 3.36. The SMILES string of the molecule is CC(C)(N)CC(=O)c1cc(F)cc(F)c1. The van der Waals surface area contributed by atoms with Gasteiger partial charge in [0.2, 0.25) is 0 Å². The van der Waals surface area contributed by atoms with E-state index < -0.39 is 17.2 Å². The average molecular weight is 213 g/mol. The van der Waals surface area contributed by atoms with Crippen molar-refractivity contribution in [1.82, 2.24) is 0 Å². The Morgan fingerprint density at radius 3 is 2.13 bits per heavy atom. The van der Waals surface area contributed by atoms with Crippen LogP contribution in [0.2, 0.25) is 0 Å². The molecule has 2 nitrogen and oxygen atoms in total. The fraction of sp³-hybridized carbons (Fsp3) is 0.364. The normalized spacial score (nSPS) is 11.5. The highest BCUT2D eigenvalue weighted by atomic mass is 19.1. The van der Waals surface area contributed by atoms with Crippen molar-refractivity contribution in [2.75, 3.05) is 0 Å². The molecular formula is C11H13F2NO. The Labute approximate surface area is 87.1 Å². The molecule has 1 aromatic carbocycles. The summed E-state index contributed by atoms with van der Waals surface area (Å²) in [7, 11) is 0. The number of hydrogen-bond acceptors (Lipinski definition) is 2. The van der Waals surface area contributed by atoms with Crippen LogP contribution >= 0.6 is 0 Å². The third kappa shape index (κ3) is 3.75. The standard InChI is InChI=1S/C11H13F2NO/c1-11(2,14)6-10(15)7-3-8(12)5-9(13)4-7/h3-5H,6,14H2,1-2H3. The maximum atomic E-state index is 12.8. The first-order valence-corrected chi connectivity index (χ1v) is 4.56. The molecule has 0 radical (unpaired) electrons. The van der Waals surface area contributed by atoms with Crippen LogP contribution in [0.4, 0.5) is 8.78 Å². The van der Waals surface area contributed by atoms with Gasteiger partial charge in [-0.1, -0.05) is 0 Å². The van der Waals surface area contributed by atoms with Crippen molar-refractivity contribution in [3.63, 3.8) is 0 Å². The molecule has 0 saturated heterocycles. The highest BCUT2D eigenvalue weighted by Crippen LogP contribution is 2.14. The molecule has 2 N–H and O–H groups in total. The van der Waals surface area contributed by atoms with Crippen LogP contribution in [0.25, 0.3) is 0 Å². The predicted molar refractivity (Wildman–Crippen MR) is 53.6 cm³/mol. The molecule has 0 aliphatic heterocycles. The largest absolute Gasteiger partial charge is 0.325 e. The van der Waals surface area contributed by atoms with E-state index in [1.807, 2.05) is 0 Å². The zero-order chi connectivity index (χ0) is 11.6. The van der Waals surface area contributed by atoms with Crippen molar-refractivity contribution >= 4 is 5.78 Å². The summed E-state index contributed by atoms with van der Waals surface area (Å²) in [5.41, 5.74) is 4.98. The lowest BCUT2D eigenvalue weighted by Gasteiger charge is -2.16. The van der Waals surface area contributed by atoms with Gasteiger partial charge in [-0.3, -0.25) is 4.79 Å². The summed E-state index contributed by atoms with van der Waals surface area (Å²) >= 11 is 0. The quantitative estimate of drug-likeness (QED) is 0.783. The zero-order valence-electron chi connectivity index (χ0n) is 8.68. The fourth-order valence-electron chi connectivity index (χ4n) is 1.23. The van der Waals surface area contributed by atoms with Gasteiger partial charge in [0.05, 0.1) is 0 Å². The minimum atomic E-state index is -0.756. The van der Waals surface area contributed by atoms with E-state index in [4.69, 9.17) is 5.73 Å². The summed E-state index contributed by atoms with van der Waals surface area (Å²) in [5, 5.41) is 0. The minimum absolute atomic E-state index is 0.0195. The predicted octanol–water partition coefficient (Wildman–Crippen LogP) is 2.27. The number of carbonyl (C=O) groups is 1. The number of ketones is 1. The van der Waals surface area contributed by atoms with Gasteiger partial charge in [0, 0.05) is 23.6 Å². The molecule has 82 valence electrons. The topological polar surface area (TPSA) is 43.1 Å². The zero-order valence-corrected chi connectivity index (χ0v) is 8.68. The van der Waals surface area contributed by atoms with Gasteiger partial charge >= 0.3 is 0 Å². The van der Waals surface area contributed by atoms with Gasteiger partial charge in [0.1, 0.15) is 11.6 Å². The van der Waals surface area contributed by atoms with Crippen molar-refractivity contribution in [3.05, 3.63) is 35.4 Å². The Balaban J connectivity index is 2.92. The van der Waals surface area contributed by atoms with Crippen LogP contribution in [0, 0.1) is 11.6 Å². The number of nitrogens with two attached hydrogens (primary N) is 1. The Morgan fingerprint density at radius 2 is 1.73 bits per heavy atom. The van der Waals surface area contributed by atoms with E-state index in [9.17, 15) is 13.6 Å². The van der Waals surface area contributed by atoms with E-state index in [0.717, 1.165) is 18.2 Å². The number of benzene rings is 1. The molecule has 4 heteroatoms. The molecule has 0 heterocycles. The molecule has 0 aliphatic carbocycles. The van der Waals surface area contributed by atoms with Gasteiger partial charge in [-0.15, -0.1) is 0 Å². The Bertz CT molecular complexity index is 362. The second-order valence-electron chi connectivity index (χ2n) is 4.25. The molecule has 1 aromatic rings. The molecule has 0 aromatic heterocycles. The average Bonchev–Trinajstić information content (AvgIpc) is 1.98. The number of Topliss-reactive ketones (excluding diaryl/α,β-unsaturated/α-hetero) is 1. The van der Waals surface area contributed by atoms with Crippen LogP contribution in [0.1, 0.15) is 30.6 Å². The van der Waals surface area contributed by atoms with E-state index >= 15 is 0 Å². The van der Waals surface area contributed by atoms with Gasteiger partial charge in [0.15, 0.2) is 5.78 Å². The lowest BCUT2D eigenvalue weighted by molar-refractivity contribution is 0.0959. The number of carbonyl (C=O) groups excluding carboxylic acids is 1. The van der Waals surface area contributed by atoms with Gasteiger partial charge in [-0.25, -0.2) is 8.78 Å². The van der Waals surface area contributed by atoms with E-state index in [-0.39, 0.29) is 17.8 Å². The van der Waals surface area contributed by atoms with Gasteiger partial charge in [0.25, 0.3) is 0 Å². The van der Waals surface area contributed by atoms with Crippen molar-refractivity contribution in [2.45, 2.75) is 25.8 Å². The van der Waals surface area contributed by atoms with Crippen molar-refractivity contribution < 1.29 is 13.6 Å². The highest BCUT2D eigenvalue weighted by molar-refractivity contribution is 5.96. The van der Waals surface area contributed by atoms with Crippen molar-refractivity contribution in [1.29, 1.82) is 0 Å². The van der Waals surface area contributed by atoms with Gasteiger partial charge in [-0.05, 0) is 26.0 Å². The summed E-state index contributed by atoms with van der Waals surface area (Å²) in [6, 6.07) is 2.75. The van der Waals surface area contributed by atoms with E-state index in [0.29, 0.717) is 0 Å². The number of hydrogen-bond donors (Lipinski definition) is 1. The molecule has 0 saturated carbocycles. The number of rotatable bonds is 3. The first-order valence-electron chi connectivity index (χ1n) is 4.56. The van der Waals surface area contributed by atoms with Crippen molar-refractivity contribution in [2.24, 2.45) is 5.73 Å². The minimum Gasteiger partial charge on any atom is -0.325 e. The molecule has 0 fully saturated rings. The lowest BCUT2D eigenvalue weighted by Crippen LogP contribution is -2.34. The van der Waals surface area contributed by atoms with E-state index in [1.165, 1.54) is 0 Å². The fourth-order valence-corrected chi connectivity index (χ4v) is 1.23. The number of halogens is 2. The molecule has 0 atom stereocenters. The third-order valence-corrected chi connectivity index (χ3v) is 1.80. The second-order valence-corrected chi connectivity index (χ2v) is 4.25. The lowest BCUT2D eigenvalue weighted by atomic mass is 9.95. The molecule has 0 unspecified atom stereocenters. The molecule has 0 bridgehead atoms. The summed E-state index contributed by atoms with van der Waals surface area (Å²) in [6.07, 6.45) is 0.0515. The second kappa shape index (κ2) is 4.06.